The molecule has 17 heavy (non-hydrogen) atoms. The summed E-state index contributed by atoms with van der Waals surface area (Å²) in [6.07, 6.45) is 1.49. The lowest BCUT2D eigenvalue weighted by Crippen LogP contribution is -2.90. The van der Waals surface area contributed by atoms with E-state index in [9.17, 15) is 9.90 Å². The Balaban J connectivity index is 1.98. The average molecular weight is 274 g/mol. The van der Waals surface area contributed by atoms with Gasteiger partial charge in [0.15, 0.2) is 0 Å². The lowest BCUT2D eigenvalue weighted by molar-refractivity contribution is -0.666. The molecular formula is C12H13Cl2NO2. The molecule has 0 bridgehead atoms. The fourth-order valence-electron chi connectivity index (χ4n) is 2.27. The Morgan fingerprint density at radius 3 is 2.76 bits per heavy atom. The topological polar surface area (TPSA) is 56.7 Å². The molecule has 0 amide bonds. The van der Waals surface area contributed by atoms with Crippen molar-refractivity contribution in [3.63, 3.8) is 0 Å². The Bertz CT molecular complexity index is 437. The summed E-state index contributed by atoms with van der Waals surface area (Å²) in [5.74, 6) is -0.614. The van der Waals surface area contributed by atoms with Gasteiger partial charge >= 0.3 is 0 Å². The van der Waals surface area contributed by atoms with Gasteiger partial charge in [-0.25, -0.2) is 0 Å². The van der Waals surface area contributed by atoms with E-state index < -0.39 is 12.0 Å². The predicted molar refractivity (Wildman–Crippen MR) is 63.9 cm³/mol. The SMILES string of the molecule is O=C([O-])[C@@H]1C[C@@H](Cc2ccc(Cl)c(Cl)c2)C[NH2+]1. The zero-order valence-electron chi connectivity index (χ0n) is 9.16. The molecule has 3 nitrogen and oxygen atoms in total. The molecular weight excluding hydrogens is 261 g/mol. The second-order valence-electron chi connectivity index (χ2n) is 4.45. The number of carbonyl (C=O) groups is 1. The summed E-state index contributed by atoms with van der Waals surface area (Å²) in [5.41, 5.74) is 1.09. The maximum atomic E-state index is 10.7. The molecule has 1 aliphatic rings. The number of carboxylic acid groups (broad SMARTS) is 1. The molecule has 1 aromatic rings. The molecule has 92 valence electrons. The largest absolute Gasteiger partial charge is 0.544 e. The third-order valence-corrected chi connectivity index (χ3v) is 3.89. The molecule has 1 heterocycles. The molecule has 1 fully saturated rings. The molecule has 1 saturated heterocycles. The molecule has 0 spiro atoms. The van der Waals surface area contributed by atoms with Gasteiger partial charge in [-0.3, -0.25) is 0 Å². The Hall–Kier alpha value is -0.770. The number of hydrogen-bond acceptors (Lipinski definition) is 2. The number of rotatable bonds is 3. The normalized spacial score (nSPS) is 23.9. The highest BCUT2D eigenvalue weighted by atomic mass is 35.5. The molecule has 0 aliphatic carbocycles. The van der Waals surface area contributed by atoms with Crippen molar-refractivity contribution in [1.29, 1.82) is 0 Å². The van der Waals surface area contributed by atoms with Crippen LogP contribution in [0, 0.1) is 5.92 Å². The van der Waals surface area contributed by atoms with Gasteiger partial charge in [0.2, 0.25) is 0 Å². The smallest absolute Gasteiger partial charge is 0.127 e. The van der Waals surface area contributed by atoms with Crippen molar-refractivity contribution in [3.8, 4) is 0 Å². The molecule has 0 radical (unpaired) electrons. The van der Waals surface area contributed by atoms with Crippen LogP contribution in [0.1, 0.15) is 12.0 Å². The van der Waals surface area contributed by atoms with Crippen molar-refractivity contribution < 1.29 is 15.2 Å². The van der Waals surface area contributed by atoms with Crippen LogP contribution in [0.5, 0.6) is 0 Å². The van der Waals surface area contributed by atoms with Crippen LogP contribution < -0.4 is 10.4 Å². The first-order valence-corrected chi connectivity index (χ1v) is 6.30. The zero-order chi connectivity index (χ0) is 12.4. The summed E-state index contributed by atoms with van der Waals surface area (Å²) < 4.78 is 0. The Kier molecular flexibility index (Phi) is 3.92. The maximum absolute atomic E-state index is 10.7. The van der Waals surface area contributed by atoms with Gasteiger partial charge in [-0.15, -0.1) is 0 Å². The fourth-order valence-corrected chi connectivity index (χ4v) is 2.59. The highest BCUT2D eigenvalue weighted by Gasteiger charge is 2.28. The van der Waals surface area contributed by atoms with Crippen molar-refractivity contribution in [3.05, 3.63) is 33.8 Å². The van der Waals surface area contributed by atoms with E-state index in [0.717, 1.165) is 18.5 Å². The van der Waals surface area contributed by atoms with E-state index in [1.807, 2.05) is 17.4 Å². The lowest BCUT2D eigenvalue weighted by atomic mass is 9.97. The van der Waals surface area contributed by atoms with Crippen LogP contribution in [0.4, 0.5) is 0 Å². The highest BCUT2D eigenvalue weighted by molar-refractivity contribution is 6.42. The van der Waals surface area contributed by atoms with Gasteiger partial charge in [-0.2, -0.15) is 0 Å². The number of carboxylic acids is 1. The van der Waals surface area contributed by atoms with Gasteiger partial charge in [0.25, 0.3) is 0 Å². The molecule has 2 rings (SSSR count). The van der Waals surface area contributed by atoms with Crippen LogP contribution in [0.2, 0.25) is 10.0 Å². The van der Waals surface area contributed by atoms with Crippen LogP contribution in [0.3, 0.4) is 0 Å². The number of carbonyl (C=O) groups excluding carboxylic acids is 1. The predicted octanol–water partition coefficient (Wildman–Crippen LogP) is 0.238. The van der Waals surface area contributed by atoms with Crippen molar-refractivity contribution >= 4 is 29.2 Å². The minimum absolute atomic E-state index is 0.357. The first kappa shape index (κ1) is 12.7. The van der Waals surface area contributed by atoms with Crippen molar-refractivity contribution in [2.75, 3.05) is 6.54 Å². The summed E-state index contributed by atoms with van der Waals surface area (Å²) in [6, 6.07) is 5.15. The fraction of sp³-hybridized carbons (Fsp3) is 0.417. The number of hydrogen-bond donors (Lipinski definition) is 1. The molecule has 2 atom stereocenters. The van der Waals surface area contributed by atoms with Gasteiger partial charge in [-0.05, 0) is 24.1 Å². The first-order valence-electron chi connectivity index (χ1n) is 5.54. The monoisotopic (exact) mass is 273 g/mol. The summed E-state index contributed by atoms with van der Waals surface area (Å²) in [5, 5.41) is 13.6. The molecule has 2 N–H and O–H groups in total. The summed E-state index contributed by atoms with van der Waals surface area (Å²) in [4.78, 5) is 10.7. The quantitative estimate of drug-likeness (QED) is 0.858. The molecule has 5 heteroatoms. The van der Waals surface area contributed by atoms with Gasteiger partial charge in [0.1, 0.15) is 6.04 Å². The Labute approximate surface area is 110 Å². The van der Waals surface area contributed by atoms with Crippen molar-refractivity contribution in [2.24, 2.45) is 5.92 Å². The Morgan fingerprint density at radius 1 is 1.41 bits per heavy atom. The van der Waals surface area contributed by atoms with Crippen molar-refractivity contribution in [2.45, 2.75) is 18.9 Å². The van der Waals surface area contributed by atoms with Crippen LogP contribution >= 0.6 is 23.2 Å². The minimum atomic E-state index is -0.971. The number of halogens is 2. The van der Waals surface area contributed by atoms with Gasteiger partial charge in [0, 0.05) is 12.3 Å². The maximum Gasteiger partial charge on any atom is 0.127 e. The van der Waals surface area contributed by atoms with E-state index in [1.165, 1.54) is 0 Å². The summed E-state index contributed by atoms with van der Waals surface area (Å²) in [6.45, 7) is 0.818. The van der Waals surface area contributed by atoms with E-state index in [1.54, 1.807) is 6.07 Å². The van der Waals surface area contributed by atoms with Crippen molar-refractivity contribution in [1.82, 2.24) is 0 Å². The molecule has 1 aliphatic heterocycles. The molecule has 0 unspecified atom stereocenters. The molecule has 0 saturated carbocycles. The Morgan fingerprint density at radius 2 is 2.18 bits per heavy atom. The van der Waals surface area contributed by atoms with Gasteiger partial charge in [-0.1, -0.05) is 29.3 Å². The molecule has 1 aromatic carbocycles. The summed E-state index contributed by atoms with van der Waals surface area (Å²) in [7, 11) is 0. The molecule has 0 aromatic heterocycles. The second-order valence-corrected chi connectivity index (χ2v) is 5.27. The van der Waals surface area contributed by atoms with Gasteiger partial charge < -0.3 is 15.2 Å². The number of nitrogens with two attached hydrogens (primary N) is 1. The van der Waals surface area contributed by atoms with E-state index >= 15 is 0 Å². The number of benzene rings is 1. The van der Waals surface area contributed by atoms with E-state index in [4.69, 9.17) is 23.2 Å². The van der Waals surface area contributed by atoms with Crippen LogP contribution in [-0.2, 0) is 11.2 Å². The second kappa shape index (κ2) is 5.25. The van der Waals surface area contributed by atoms with Gasteiger partial charge in [0.05, 0.1) is 22.6 Å². The minimum Gasteiger partial charge on any atom is -0.544 e. The zero-order valence-corrected chi connectivity index (χ0v) is 10.7. The van der Waals surface area contributed by atoms with Crippen LogP contribution in [0.15, 0.2) is 18.2 Å². The third-order valence-electron chi connectivity index (χ3n) is 3.15. The first-order chi connectivity index (χ1) is 8.06. The third kappa shape index (κ3) is 3.12. The van der Waals surface area contributed by atoms with Crippen LogP contribution in [-0.4, -0.2) is 18.6 Å². The van der Waals surface area contributed by atoms with Crippen LogP contribution in [0.25, 0.3) is 0 Å². The standard InChI is InChI=1S/C12H13Cl2NO2/c13-9-2-1-7(4-10(9)14)3-8-5-11(12(16)17)15-6-8/h1-2,4,8,11,15H,3,5-6H2,(H,16,17)/t8-,11+/m1/s1. The number of aliphatic carboxylic acids is 1. The average Bonchev–Trinajstić information content (AvgIpc) is 2.72. The lowest BCUT2D eigenvalue weighted by Gasteiger charge is -2.08. The summed E-state index contributed by atoms with van der Waals surface area (Å²) >= 11 is 11.8. The van der Waals surface area contributed by atoms with E-state index in [0.29, 0.717) is 22.4 Å². The van der Waals surface area contributed by atoms with E-state index in [2.05, 4.69) is 0 Å². The number of quaternary nitrogens is 1. The van der Waals surface area contributed by atoms with E-state index in [-0.39, 0.29) is 0 Å². The highest BCUT2D eigenvalue weighted by Crippen LogP contribution is 2.24.